The first-order valence-corrected chi connectivity index (χ1v) is 8.89. The smallest absolute Gasteiger partial charge is 0.220 e. The van der Waals surface area contributed by atoms with E-state index in [1.807, 2.05) is 0 Å². The summed E-state index contributed by atoms with van der Waals surface area (Å²) in [5.74, 6) is -1.96. The van der Waals surface area contributed by atoms with E-state index in [9.17, 15) is 19.2 Å². The van der Waals surface area contributed by atoms with E-state index in [-0.39, 0.29) is 48.3 Å². The topological polar surface area (TPSA) is 172 Å². The quantitative estimate of drug-likeness (QED) is 0.294. The Morgan fingerprint density at radius 1 is 0.520 bits per heavy atom. The summed E-state index contributed by atoms with van der Waals surface area (Å²) in [5.41, 5.74) is 20.9. The largest absolute Gasteiger partial charge is 0.370 e. The van der Waals surface area contributed by atoms with Gasteiger partial charge in [0.25, 0.3) is 0 Å². The second kappa shape index (κ2) is 13.2. The number of primary amides is 4. The van der Waals surface area contributed by atoms with Crippen molar-refractivity contribution in [3.63, 3.8) is 0 Å². The third kappa shape index (κ3) is 12.9. The molecule has 0 aromatic heterocycles. The van der Waals surface area contributed by atoms with Crippen molar-refractivity contribution in [3.8, 4) is 0 Å². The van der Waals surface area contributed by atoms with E-state index in [1.165, 1.54) is 0 Å². The zero-order valence-electron chi connectivity index (χ0n) is 14.9. The number of hydrogen-bond donors (Lipinski definition) is 4. The van der Waals surface area contributed by atoms with Gasteiger partial charge in [0.05, 0.1) is 0 Å². The Balaban J connectivity index is 4.00. The number of carbonyl (C=O) groups is 4. The summed E-state index contributed by atoms with van der Waals surface area (Å²) in [6.07, 6.45) is 6.59. The fraction of sp³-hybridized carbons (Fsp3) is 0.765. The maximum absolute atomic E-state index is 11.4. The van der Waals surface area contributed by atoms with Crippen molar-refractivity contribution >= 4 is 23.6 Å². The van der Waals surface area contributed by atoms with E-state index in [1.54, 1.807) is 0 Å². The van der Waals surface area contributed by atoms with Crippen LogP contribution in [0.15, 0.2) is 0 Å². The molecule has 2 atom stereocenters. The summed E-state index contributed by atoms with van der Waals surface area (Å²) >= 11 is 0. The summed E-state index contributed by atoms with van der Waals surface area (Å²) in [7, 11) is 0. The molecule has 0 aliphatic rings. The van der Waals surface area contributed by atoms with Crippen LogP contribution in [0.4, 0.5) is 0 Å². The predicted octanol–water partition coefficient (Wildman–Crippen LogP) is 0.451. The Morgan fingerprint density at radius 2 is 0.840 bits per heavy atom. The molecule has 0 aliphatic carbocycles. The van der Waals surface area contributed by atoms with Gasteiger partial charge in [-0.2, -0.15) is 0 Å². The van der Waals surface area contributed by atoms with E-state index in [0.29, 0.717) is 38.5 Å². The number of amides is 4. The zero-order valence-corrected chi connectivity index (χ0v) is 14.9. The zero-order chi connectivity index (χ0) is 19.2. The highest BCUT2D eigenvalue weighted by atomic mass is 16.2. The van der Waals surface area contributed by atoms with Crippen LogP contribution in [0.2, 0.25) is 0 Å². The van der Waals surface area contributed by atoms with Gasteiger partial charge in [0, 0.05) is 24.7 Å². The SMILES string of the molecule is NC(=O)CCCC(CCCCCC(CCCC(N)=O)C(N)=O)C(N)=O. The molecule has 8 heteroatoms. The highest BCUT2D eigenvalue weighted by Gasteiger charge is 2.17. The molecule has 0 radical (unpaired) electrons. The average Bonchev–Trinajstić information content (AvgIpc) is 2.49. The molecule has 0 saturated carbocycles. The fourth-order valence-electron chi connectivity index (χ4n) is 2.86. The molecule has 2 unspecified atom stereocenters. The molecule has 0 aliphatic heterocycles. The lowest BCUT2D eigenvalue weighted by Crippen LogP contribution is -2.24. The second-order valence-corrected chi connectivity index (χ2v) is 6.55. The van der Waals surface area contributed by atoms with Crippen LogP contribution in [0, 0.1) is 11.8 Å². The molecule has 0 spiro atoms. The summed E-state index contributed by atoms with van der Waals surface area (Å²) < 4.78 is 0. The van der Waals surface area contributed by atoms with E-state index in [2.05, 4.69) is 0 Å². The lowest BCUT2D eigenvalue weighted by Gasteiger charge is -2.14. The van der Waals surface area contributed by atoms with Crippen LogP contribution in [-0.2, 0) is 19.2 Å². The Kier molecular flexibility index (Phi) is 12.1. The van der Waals surface area contributed by atoms with Crippen molar-refractivity contribution < 1.29 is 19.2 Å². The van der Waals surface area contributed by atoms with Gasteiger partial charge >= 0.3 is 0 Å². The molecule has 0 fully saturated rings. The summed E-state index contributed by atoms with van der Waals surface area (Å²) in [4.78, 5) is 44.3. The van der Waals surface area contributed by atoms with Crippen LogP contribution in [-0.4, -0.2) is 23.6 Å². The van der Waals surface area contributed by atoms with Crippen LogP contribution >= 0.6 is 0 Å². The van der Waals surface area contributed by atoms with Crippen molar-refractivity contribution in [2.24, 2.45) is 34.8 Å². The maximum Gasteiger partial charge on any atom is 0.220 e. The first kappa shape index (κ1) is 22.9. The van der Waals surface area contributed by atoms with Crippen LogP contribution in [0.5, 0.6) is 0 Å². The van der Waals surface area contributed by atoms with Crippen molar-refractivity contribution in [2.45, 2.75) is 70.6 Å². The van der Waals surface area contributed by atoms with E-state index in [4.69, 9.17) is 22.9 Å². The fourth-order valence-corrected chi connectivity index (χ4v) is 2.86. The predicted molar refractivity (Wildman–Crippen MR) is 94.5 cm³/mol. The molecule has 0 bridgehead atoms. The van der Waals surface area contributed by atoms with E-state index >= 15 is 0 Å². The van der Waals surface area contributed by atoms with Gasteiger partial charge in [-0.15, -0.1) is 0 Å². The minimum atomic E-state index is -0.378. The second-order valence-electron chi connectivity index (χ2n) is 6.55. The normalized spacial score (nSPS) is 13.1. The van der Waals surface area contributed by atoms with Crippen LogP contribution < -0.4 is 22.9 Å². The molecule has 0 heterocycles. The molecular formula is C17H32N4O4. The highest BCUT2D eigenvalue weighted by Crippen LogP contribution is 2.20. The first-order valence-electron chi connectivity index (χ1n) is 8.89. The van der Waals surface area contributed by atoms with Gasteiger partial charge in [0.15, 0.2) is 0 Å². The van der Waals surface area contributed by atoms with Crippen LogP contribution in [0.25, 0.3) is 0 Å². The summed E-state index contributed by atoms with van der Waals surface area (Å²) in [6.45, 7) is 0. The van der Waals surface area contributed by atoms with E-state index < -0.39 is 0 Å². The lowest BCUT2D eigenvalue weighted by atomic mass is 9.92. The van der Waals surface area contributed by atoms with Gasteiger partial charge in [-0.1, -0.05) is 19.3 Å². The van der Waals surface area contributed by atoms with E-state index in [0.717, 1.165) is 19.3 Å². The monoisotopic (exact) mass is 356 g/mol. The van der Waals surface area contributed by atoms with Crippen molar-refractivity contribution in [1.82, 2.24) is 0 Å². The van der Waals surface area contributed by atoms with Gasteiger partial charge in [-0.3, -0.25) is 19.2 Å². The minimum Gasteiger partial charge on any atom is -0.370 e. The standard InChI is InChI=1S/C17H32N4O4/c18-14(22)10-4-8-12(16(20)24)6-2-1-3-7-13(17(21)25)9-5-11-15(19)23/h12-13H,1-11H2,(H2,18,22)(H2,19,23)(H2,20,24)(H2,21,25). The van der Waals surface area contributed by atoms with Crippen LogP contribution in [0.1, 0.15) is 70.6 Å². The molecule has 144 valence electrons. The maximum atomic E-state index is 11.4. The lowest BCUT2D eigenvalue weighted by molar-refractivity contribution is -0.123. The number of hydrogen-bond acceptors (Lipinski definition) is 4. The number of nitrogens with two attached hydrogens (primary N) is 4. The van der Waals surface area contributed by atoms with Crippen molar-refractivity contribution in [1.29, 1.82) is 0 Å². The molecule has 0 aromatic carbocycles. The molecule has 4 amide bonds. The third-order valence-corrected chi connectivity index (χ3v) is 4.36. The van der Waals surface area contributed by atoms with Crippen LogP contribution in [0.3, 0.4) is 0 Å². The Bertz CT molecular complexity index is 414. The van der Waals surface area contributed by atoms with Crippen molar-refractivity contribution in [3.05, 3.63) is 0 Å². The Morgan fingerprint density at radius 3 is 1.12 bits per heavy atom. The van der Waals surface area contributed by atoms with Crippen molar-refractivity contribution in [2.75, 3.05) is 0 Å². The van der Waals surface area contributed by atoms with Gasteiger partial charge in [-0.25, -0.2) is 0 Å². The molecule has 25 heavy (non-hydrogen) atoms. The highest BCUT2D eigenvalue weighted by molar-refractivity contribution is 5.77. The number of carbonyl (C=O) groups excluding carboxylic acids is 4. The van der Waals surface area contributed by atoms with Gasteiger partial charge in [-0.05, 0) is 38.5 Å². The molecule has 0 saturated heterocycles. The molecule has 8 N–H and O–H groups in total. The Labute approximate surface area is 149 Å². The average molecular weight is 356 g/mol. The van der Waals surface area contributed by atoms with Gasteiger partial charge in [0.2, 0.25) is 23.6 Å². The molecular weight excluding hydrogens is 324 g/mol. The molecule has 0 rings (SSSR count). The minimum absolute atomic E-state index is 0.248. The number of rotatable bonds is 16. The third-order valence-electron chi connectivity index (χ3n) is 4.36. The number of unbranched alkanes of at least 4 members (excludes halogenated alkanes) is 2. The Hall–Kier alpha value is -2.12. The summed E-state index contributed by atoms with van der Waals surface area (Å²) in [5, 5.41) is 0. The first-order chi connectivity index (χ1) is 11.7. The molecule has 0 aromatic rings. The molecule has 8 nitrogen and oxygen atoms in total. The van der Waals surface area contributed by atoms with Gasteiger partial charge < -0.3 is 22.9 Å². The summed E-state index contributed by atoms with van der Waals surface area (Å²) in [6, 6.07) is 0. The van der Waals surface area contributed by atoms with Gasteiger partial charge in [0.1, 0.15) is 0 Å².